The zero-order chi connectivity index (χ0) is 19.8. The summed E-state index contributed by atoms with van der Waals surface area (Å²) in [5.41, 5.74) is 1.73. The number of amides is 1. The van der Waals surface area contributed by atoms with Crippen LogP contribution in [-0.4, -0.2) is 35.3 Å². The van der Waals surface area contributed by atoms with Gasteiger partial charge in [0.05, 0.1) is 14.2 Å². The Bertz CT molecular complexity index is 912. The second kappa shape index (κ2) is 9.50. The second-order valence-electron chi connectivity index (χ2n) is 6.07. The van der Waals surface area contributed by atoms with E-state index in [1.807, 2.05) is 18.2 Å². The molecule has 8 nitrogen and oxygen atoms in total. The summed E-state index contributed by atoms with van der Waals surface area (Å²) < 4.78 is 15.8. The van der Waals surface area contributed by atoms with Gasteiger partial charge < -0.3 is 19.3 Å². The third kappa shape index (κ3) is 5.06. The summed E-state index contributed by atoms with van der Waals surface area (Å²) >= 11 is 0. The SMILES string of the molecule is COc1ccc(-c2noc(CCCC(=O)NCc3cccnc3)n2)cc1OC. The fourth-order valence-electron chi connectivity index (χ4n) is 2.64. The van der Waals surface area contributed by atoms with Crippen molar-refractivity contribution in [3.05, 3.63) is 54.2 Å². The van der Waals surface area contributed by atoms with Crippen molar-refractivity contribution in [2.75, 3.05) is 14.2 Å². The van der Waals surface area contributed by atoms with E-state index in [9.17, 15) is 4.79 Å². The van der Waals surface area contributed by atoms with Gasteiger partial charge in [-0.3, -0.25) is 9.78 Å². The predicted molar refractivity (Wildman–Crippen MR) is 102 cm³/mol. The molecule has 0 spiro atoms. The molecule has 0 atom stereocenters. The Hall–Kier alpha value is -3.42. The van der Waals surface area contributed by atoms with Crippen molar-refractivity contribution < 1.29 is 18.8 Å². The maximum absolute atomic E-state index is 11.9. The molecule has 146 valence electrons. The van der Waals surface area contributed by atoms with Crippen LogP contribution in [0.1, 0.15) is 24.3 Å². The van der Waals surface area contributed by atoms with Crippen LogP contribution in [0.5, 0.6) is 11.5 Å². The highest BCUT2D eigenvalue weighted by atomic mass is 16.5. The van der Waals surface area contributed by atoms with Crippen LogP contribution in [-0.2, 0) is 17.8 Å². The first-order chi connectivity index (χ1) is 13.7. The molecule has 28 heavy (non-hydrogen) atoms. The number of carbonyl (C=O) groups excluding carboxylic acids is 1. The van der Waals surface area contributed by atoms with Gasteiger partial charge in [0, 0.05) is 37.3 Å². The molecule has 3 rings (SSSR count). The lowest BCUT2D eigenvalue weighted by atomic mass is 10.2. The molecule has 1 aromatic carbocycles. The van der Waals surface area contributed by atoms with Crippen LogP contribution < -0.4 is 14.8 Å². The lowest BCUT2D eigenvalue weighted by Gasteiger charge is -2.07. The zero-order valence-electron chi connectivity index (χ0n) is 15.8. The molecule has 2 aromatic heterocycles. The number of nitrogens with zero attached hydrogens (tertiary/aromatic N) is 3. The Kier molecular flexibility index (Phi) is 6.56. The van der Waals surface area contributed by atoms with Crippen LogP contribution in [0.4, 0.5) is 0 Å². The number of ether oxygens (including phenoxy) is 2. The minimum atomic E-state index is -0.0246. The van der Waals surface area contributed by atoms with Gasteiger partial charge in [-0.1, -0.05) is 11.2 Å². The number of rotatable bonds is 9. The smallest absolute Gasteiger partial charge is 0.226 e. The Morgan fingerprint density at radius 3 is 2.79 bits per heavy atom. The number of pyridine rings is 1. The summed E-state index contributed by atoms with van der Waals surface area (Å²) in [6.45, 7) is 0.469. The van der Waals surface area contributed by atoms with Crippen molar-refractivity contribution in [3.63, 3.8) is 0 Å². The number of hydrogen-bond donors (Lipinski definition) is 1. The van der Waals surface area contributed by atoms with E-state index in [4.69, 9.17) is 14.0 Å². The van der Waals surface area contributed by atoms with Crippen LogP contribution in [0.25, 0.3) is 11.4 Å². The van der Waals surface area contributed by atoms with E-state index in [1.165, 1.54) is 0 Å². The Morgan fingerprint density at radius 1 is 1.18 bits per heavy atom. The van der Waals surface area contributed by atoms with Gasteiger partial charge in [-0.15, -0.1) is 0 Å². The third-order valence-electron chi connectivity index (χ3n) is 4.12. The molecule has 3 aromatic rings. The lowest BCUT2D eigenvalue weighted by molar-refractivity contribution is -0.121. The molecule has 0 aliphatic carbocycles. The van der Waals surface area contributed by atoms with Crippen LogP contribution in [0, 0.1) is 0 Å². The van der Waals surface area contributed by atoms with E-state index < -0.39 is 0 Å². The Balaban J connectivity index is 1.49. The first kappa shape index (κ1) is 19.3. The number of aryl methyl sites for hydroxylation is 1. The van der Waals surface area contributed by atoms with Crippen molar-refractivity contribution >= 4 is 5.91 Å². The highest BCUT2D eigenvalue weighted by Gasteiger charge is 2.12. The third-order valence-corrected chi connectivity index (χ3v) is 4.12. The number of hydrogen-bond acceptors (Lipinski definition) is 7. The average molecular weight is 382 g/mol. The average Bonchev–Trinajstić information content (AvgIpc) is 3.21. The predicted octanol–water partition coefficient (Wildman–Crippen LogP) is 2.79. The summed E-state index contributed by atoms with van der Waals surface area (Å²) in [7, 11) is 3.15. The standard InChI is InChI=1S/C20H22N4O4/c1-26-16-9-8-15(11-17(16)27-2)20-23-19(28-24-20)7-3-6-18(25)22-13-14-5-4-10-21-12-14/h4-5,8-12H,3,6-7,13H2,1-2H3,(H,22,25). The van der Waals surface area contributed by atoms with Gasteiger partial charge in [0.25, 0.3) is 0 Å². The molecule has 0 saturated carbocycles. The lowest BCUT2D eigenvalue weighted by Crippen LogP contribution is -2.22. The summed E-state index contributed by atoms with van der Waals surface area (Å²) in [6.07, 6.45) is 4.96. The van der Waals surface area contributed by atoms with E-state index in [2.05, 4.69) is 20.4 Å². The fourth-order valence-corrected chi connectivity index (χ4v) is 2.64. The monoisotopic (exact) mass is 382 g/mol. The topological polar surface area (TPSA) is 99.4 Å². The number of aromatic nitrogens is 3. The highest BCUT2D eigenvalue weighted by Crippen LogP contribution is 2.31. The number of carbonyl (C=O) groups is 1. The van der Waals surface area contributed by atoms with E-state index in [0.717, 1.165) is 11.1 Å². The van der Waals surface area contributed by atoms with E-state index in [1.54, 1.807) is 38.7 Å². The van der Waals surface area contributed by atoms with Crippen molar-refractivity contribution in [3.8, 4) is 22.9 Å². The zero-order valence-corrected chi connectivity index (χ0v) is 15.8. The van der Waals surface area contributed by atoms with Gasteiger partial charge in [0.2, 0.25) is 17.6 Å². The van der Waals surface area contributed by atoms with E-state index >= 15 is 0 Å². The van der Waals surface area contributed by atoms with Crippen LogP contribution >= 0.6 is 0 Å². The largest absolute Gasteiger partial charge is 0.493 e. The number of nitrogens with one attached hydrogen (secondary N) is 1. The first-order valence-electron chi connectivity index (χ1n) is 8.90. The van der Waals surface area contributed by atoms with Gasteiger partial charge in [-0.2, -0.15) is 4.98 Å². The maximum Gasteiger partial charge on any atom is 0.226 e. The molecule has 1 N–H and O–H groups in total. The molecule has 8 heteroatoms. The summed E-state index contributed by atoms with van der Waals surface area (Å²) in [5, 5.41) is 6.87. The van der Waals surface area contributed by atoms with Gasteiger partial charge in [-0.05, 0) is 36.2 Å². The van der Waals surface area contributed by atoms with Crippen LogP contribution in [0.2, 0.25) is 0 Å². The molecule has 2 heterocycles. The van der Waals surface area contributed by atoms with Crippen molar-refractivity contribution in [1.82, 2.24) is 20.4 Å². The molecule has 0 aliphatic heterocycles. The highest BCUT2D eigenvalue weighted by molar-refractivity contribution is 5.75. The summed E-state index contributed by atoms with van der Waals surface area (Å²) in [6, 6.07) is 9.17. The van der Waals surface area contributed by atoms with Gasteiger partial charge in [-0.25, -0.2) is 0 Å². The van der Waals surface area contributed by atoms with Crippen LogP contribution in [0.15, 0.2) is 47.2 Å². The Labute approximate surface area is 162 Å². The molecular formula is C20H22N4O4. The summed E-state index contributed by atoms with van der Waals surface area (Å²) in [5.74, 6) is 2.16. The van der Waals surface area contributed by atoms with Crippen molar-refractivity contribution in [1.29, 1.82) is 0 Å². The normalized spacial score (nSPS) is 10.5. The Morgan fingerprint density at radius 2 is 2.04 bits per heavy atom. The van der Waals surface area contributed by atoms with Crippen molar-refractivity contribution in [2.45, 2.75) is 25.8 Å². The molecule has 0 saturated heterocycles. The molecule has 1 amide bonds. The molecule has 0 fully saturated rings. The van der Waals surface area contributed by atoms with E-state index in [-0.39, 0.29) is 5.91 Å². The van der Waals surface area contributed by atoms with Crippen LogP contribution in [0.3, 0.4) is 0 Å². The fraction of sp³-hybridized carbons (Fsp3) is 0.300. The van der Waals surface area contributed by atoms with E-state index in [0.29, 0.717) is 49.0 Å². The summed E-state index contributed by atoms with van der Waals surface area (Å²) in [4.78, 5) is 20.3. The second-order valence-corrected chi connectivity index (χ2v) is 6.07. The minimum absolute atomic E-state index is 0.0246. The molecule has 0 radical (unpaired) electrons. The van der Waals surface area contributed by atoms with Gasteiger partial charge >= 0.3 is 0 Å². The minimum Gasteiger partial charge on any atom is -0.493 e. The van der Waals surface area contributed by atoms with Gasteiger partial charge in [0.15, 0.2) is 11.5 Å². The van der Waals surface area contributed by atoms with Crippen molar-refractivity contribution in [2.24, 2.45) is 0 Å². The molecule has 0 bridgehead atoms. The molecule has 0 unspecified atom stereocenters. The number of benzene rings is 1. The number of methoxy groups -OCH3 is 2. The molecular weight excluding hydrogens is 360 g/mol. The van der Waals surface area contributed by atoms with Gasteiger partial charge in [0.1, 0.15) is 0 Å². The molecule has 0 aliphatic rings. The first-order valence-corrected chi connectivity index (χ1v) is 8.90. The maximum atomic E-state index is 11.9. The quantitative estimate of drug-likeness (QED) is 0.607.